The van der Waals surface area contributed by atoms with Crippen LogP contribution in [0.25, 0.3) is 0 Å². The second kappa shape index (κ2) is 4.37. The Bertz CT molecular complexity index is 420. The summed E-state index contributed by atoms with van der Waals surface area (Å²) in [6, 6.07) is 0. The van der Waals surface area contributed by atoms with E-state index in [2.05, 4.69) is 19.2 Å². The van der Waals surface area contributed by atoms with Crippen molar-refractivity contribution in [3.8, 4) is 0 Å². The van der Waals surface area contributed by atoms with E-state index in [0.717, 1.165) is 24.8 Å². The minimum absolute atomic E-state index is 0.607. The van der Waals surface area contributed by atoms with Crippen LogP contribution in [0.4, 0.5) is 0 Å². The van der Waals surface area contributed by atoms with E-state index in [9.17, 15) is 0 Å². The van der Waals surface area contributed by atoms with Crippen molar-refractivity contribution in [2.75, 3.05) is 0 Å². The van der Waals surface area contributed by atoms with Crippen molar-refractivity contribution in [1.29, 1.82) is 0 Å². The summed E-state index contributed by atoms with van der Waals surface area (Å²) in [5.41, 5.74) is 3.76. The van der Waals surface area contributed by atoms with E-state index in [0.29, 0.717) is 5.92 Å². The van der Waals surface area contributed by atoms with Gasteiger partial charge in [-0.3, -0.25) is 0 Å². The number of hydrogen-bond acceptors (Lipinski definition) is 3. The Labute approximate surface area is 103 Å². The standard InChI is InChI=1S/C14H21N3/c1-9-3-5-11(6-4-9)14-16-10(2)12-7-15-8-13(12)17-14/h9,11,15H,3-8H2,1-2H3. The van der Waals surface area contributed by atoms with Gasteiger partial charge in [0.05, 0.1) is 5.69 Å². The third-order valence-electron chi connectivity index (χ3n) is 4.29. The Morgan fingerprint density at radius 2 is 1.82 bits per heavy atom. The molecule has 0 aromatic carbocycles. The molecule has 1 aromatic rings. The van der Waals surface area contributed by atoms with Crippen LogP contribution in [-0.2, 0) is 13.1 Å². The molecule has 1 aliphatic carbocycles. The number of aromatic nitrogens is 2. The molecular formula is C14H21N3. The highest BCUT2D eigenvalue weighted by molar-refractivity contribution is 5.29. The van der Waals surface area contributed by atoms with Gasteiger partial charge in [0.1, 0.15) is 5.82 Å². The zero-order valence-corrected chi connectivity index (χ0v) is 10.8. The molecule has 0 bridgehead atoms. The SMILES string of the molecule is Cc1nc(C2CCC(C)CC2)nc2c1CNC2. The van der Waals surface area contributed by atoms with Crippen molar-refractivity contribution in [2.24, 2.45) is 5.92 Å². The van der Waals surface area contributed by atoms with Crippen LogP contribution in [0.15, 0.2) is 0 Å². The van der Waals surface area contributed by atoms with Crippen LogP contribution >= 0.6 is 0 Å². The van der Waals surface area contributed by atoms with Crippen LogP contribution in [0.2, 0.25) is 0 Å². The molecular weight excluding hydrogens is 210 g/mol. The zero-order valence-electron chi connectivity index (χ0n) is 10.8. The van der Waals surface area contributed by atoms with Gasteiger partial charge in [0.25, 0.3) is 0 Å². The molecule has 1 aromatic heterocycles. The molecule has 3 nitrogen and oxygen atoms in total. The Hall–Kier alpha value is -0.960. The van der Waals surface area contributed by atoms with Gasteiger partial charge < -0.3 is 5.32 Å². The van der Waals surface area contributed by atoms with Crippen molar-refractivity contribution in [1.82, 2.24) is 15.3 Å². The molecule has 3 heteroatoms. The van der Waals surface area contributed by atoms with Crippen molar-refractivity contribution >= 4 is 0 Å². The summed E-state index contributed by atoms with van der Waals surface area (Å²) >= 11 is 0. The fraction of sp³-hybridized carbons (Fsp3) is 0.714. The van der Waals surface area contributed by atoms with Crippen molar-refractivity contribution < 1.29 is 0 Å². The Morgan fingerprint density at radius 1 is 1.06 bits per heavy atom. The third-order valence-corrected chi connectivity index (χ3v) is 4.29. The first-order chi connectivity index (χ1) is 8.24. The van der Waals surface area contributed by atoms with Crippen LogP contribution in [-0.4, -0.2) is 9.97 Å². The van der Waals surface area contributed by atoms with Gasteiger partial charge in [-0.15, -0.1) is 0 Å². The summed E-state index contributed by atoms with van der Waals surface area (Å²) in [6.07, 6.45) is 5.21. The third kappa shape index (κ3) is 2.08. The lowest BCUT2D eigenvalue weighted by molar-refractivity contribution is 0.339. The van der Waals surface area contributed by atoms with Gasteiger partial charge in [-0.05, 0) is 25.7 Å². The van der Waals surface area contributed by atoms with Crippen molar-refractivity contribution in [3.63, 3.8) is 0 Å². The Kier molecular flexibility index (Phi) is 2.87. The molecule has 0 unspecified atom stereocenters. The van der Waals surface area contributed by atoms with Crippen LogP contribution in [0.5, 0.6) is 0 Å². The van der Waals surface area contributed by atoms with Gasteiger partial charge >= 0.3 is 0 Å². The maximum Gasteiger partial charge on any atom is 0.132 e. The highest BCUT2D eigenvalue weighted by Gasteiger charge is 2.24. The predicted molar refractivity (Wildman–Crippen MR) is 67.7 cm³/mol. The molecule has 17 heavy (non-hydrogen) atoms. The van der Waals surface area contributed by atoms with E-state index < -0.39 is 0 Å². The van der Waals surface area contributed by atoms with E-state index in [4.69, 9.17) is 9.97 Å². The number of aryl methyl sites for hydroxylation is 1. The molecule has 1 saturated carbocycles. The topological polar surface area (TPSA) is 37.8 Å². The van der Waals surface area contributed by atoms with Crippen LogP contribution in [0, 0.1) is 12.8 Å². The molecule has 0 amide bonds. The second-order valence-corrected chi connectivity index (χ2v) is 5.65. The summed E-state index contributed by atoms with van der Waals surface area (Å²) in [6.45, 7) is 6.36. The van der Waals surface area contributed by atoms with Gasteiger partial charge in [-0.25, -0.2) is 9.97 Å². The molecule has 3 rings (SSSR count). The zero-order chi connectivity index (χ0) is 11.8. The second-order valence-electron chi connectivity index (χ2n) is 5.65. The summed E-state index contributed by atoms with van der Waals surface area (Å²) in [5.74, 6) is 2.61. The molecule has 1 fully saturated rings. The summed E-state index contributed by atoms with van der Waals surface area (Å²) in [4.78, 5) is 9.53. The molecule has 0 atom stereocenters. The highest BCUT2D eigenvalue weighted by atomic mass is 15.0. The lowest BCUT2D eigenvalue weighted by Crippen LogP contribution is -2.15. The highest BCUT2D eigenvalue weighted by Crippen LogP contribution is 2.34. The van der Waals surface area contributed by atoms with E-state index in [1.807, 2.05) is 0 Å². The van der Waals surface area contributed by atoms with E-state index >= 15 is 0 Å². The van der Waals surface area contributed by atoms with E-state index in [1.54, 1.807) is 0 Å². The Balaban J connectivity index is 1.86. The first-order valence-corrected chi connectivity index (χ1v) is 6.81. The average Bonchev–Trinajstić information content (AvgIpc) is 2.78. The van der Waals surface area contributed by atoms with Crippen molar-refractivity contribution in [2.45, 2.75) is 58.5 Å². The van der Waals surface area contributed by atoms with Gasteiger partial charge in [0.15, 0.2) is 0 Å². The Morgan fingerprint density at radius 3 is 2.59 bits per heavy atom. The molecule has 2 aliphatic rings. The maximum atomic E-state index is 4.79. The van der Waals surface area contributed by atoms with Crippen LogP contribution in [0.3, 0.4) is 0 Å². The smallest absolute Gasteiger partial charge is 0.132 e. The number of rotatable bonds is 1. The molecule has 2 heterocycles. The fourth-order valence-electron chi connectivity index (χ4n) is 3.06. The fourth-order valence-corrected chi connectivity index (χ4v) is 3.06. The maximum absolute atomic E-state index is 4.79. The van der Waals surface area contributed by atoms with Gasteiger partial charge in [-0.1, -0.05) is 19.8 Å². The van der Waals surface area contributed by atoms with Gasteiger partial charge in [0.2, 0.25) is 0 Å². The first kappa shape index (κ1) is 11.1. The van der Waals surface area contributed by atoms with Gasteiger partial charge in [-0.2, -0.15) is 0 Å². The number of hydrogen-bond donors (Lipinski definition) is 1. The van der Waals surface area contributed by atoms with Gasteiger partial charge in [0, 0.05) is 30.3 Å². The molecule has 1 aliphatic heterocycles. The molecule has 0 radical (unpaired) electrons. The molecule has 92 valence electrons. The minimum Gasteiger partial charge on any atom is -0.307 e. The van der Waals surface area contributed by atoms with E-state index in [-0.39, 0.29) is 0 Å². The molecule has 1 N–H and O–H groups in total. The number of fused-ring (bicyclic) bond motifs is 1. The van der Waals surface area contributed by atoms with Crippen molar-refractivity contribution in [3.05, 3.63) is 22.8 Å². The predicted octanol–water partition coefficient (Wildman–Crippen LogP) is 2.68. The normalized spacial score (nSPS) is 28.1. The lowest BCUT2D eigenvalue weighted by atomic mass is 9.82. The number of nitrogens with zero attached hydrogens (tertiary/aromatic N) is 2. The van der Waals surface area contributed by atoms with E-state index in [1.165, 1.54) is 42.6 Å². The largest absolute Gasteiger partial charge is 0.307 e. The minimum atomic E-state index is 0.607. The molecule has 0 saturated heterocycles. The number of nitrogens with one attached hydrogen (secondary N) is 1. The van der Waals surface area contributed by atoms with Crippen LogP contribution in [0.1, 0.15) is 61.3 Å². The first-order valence-electron chi connectivity index (χ1n) is 6.81. The summed E-state index contributed by atoms with van der Waals surface area (Å²) < 4.78 is 0. The molecule has 0 spiro atoms. The summed E-state index contributed by atoms with van der Waals surface area (Å²) in [5, 5.41) is 3.36. The monoisotopic (exact) mass is 231 g/mol. The summed E-state index contributed by atoms with van der Waals surface area (Å²) in [7, 11) is 0. The lowest BCUT2D eigenvalue weighted by Gasteiger charge is -2.25. The van der Waals surface area contributed by atoms with Crippen LogP contribution < -0.4 is 5.32 Å². The average molecular weight is 231 g/mol. The quantitative estimate of drug-likeness (QED) is 0.807.